The average molecular weight is 271 g/mol. The Balaban J connectivity index is 2.04. The molecule has 1 fully saturated rings. The van der Waals surface area contributed by atoms with Gasteiger partial charge in [0.2, 0.25) is 0 Å². The molecule has 1 aliphatic rings. The van der Waals surface area contributed by atoms with E-state index in [4.69, 9.17) is 15.9 Å². The molecule has 1 heterocycles. The Kier molecular flexibility index (Phi) is 4.44. The van der Waals surface area contributed by atoms with Gasteiger partial charge in [-0.15, -0.1) is 6.42 Å². The molecule has 0 aliphatic carbocycles. The first-order valence-corrected chi connectivity index (χ1v) is 6.39. The maximum absolute atomic E-state index is 12.2. The molecule has 1 aliphatic heterocycles. The fraction of sp³-hybridized carbons (Fsp3) is 0.312. The molecule has 1 aromatic carbocycles. The molecule has 104 valence electrons. The summed E-state index contributed by atoms with van der Waals surface area (Å²) < 4.78 is 10.7. The molecule has 1 atom stereocenters. The highest BCUT2D eigenvalue weighted by molar-refractivity contribution is 5.70. The third-order valence-corrected chi connectivity index (χ3v) is 3.28. The predicted molar refractivity (Wildman–Crippen MR) is 75.9 cm³/mol. The molecule has 4 nitrogen and oxygen atoms in total. The number of hydrogen-bond donors (Lipinski definition) is 0. The van der Waals surface area contributed by atoms with Crippen molar-refractivity contribution in [3.8, 4) is 12.3 Å². The van der Waals surface area contributed by atoms with E-state index < -0.39 is 11.6 Å². The minimum atomic E-state index is -0.925. The molecule has 2 rings (SSSR count). The fourth-order valence-electron chi connectivity index (χ4n) is 2.06. The lowest BCUT2D eigenvalue weighted by Crippen LogP contribution is -2.57. The van der Waals surface area contributed by atoms with Gasteiger partial charge in [0.1, 0.15) is 12.1 Å². The van der Waals surface area contributed by atoms with Crippen molar-refractivity contribution in [2.24, 2.45) is 0 Å². The number of nitrogens with zero attached hydrogens (tertiary/aromatic N) is 1. The van der Waals surface area contributed by atoms with Gasteiger partial charge in [-0.3, -0.25) is 4.90 Å². The topological polar surface area (TPSA) is 38.8 Å². The molecule has 1 saturated heterocycles. The zero-order valence-electron chi connectivity index (χ0n) is 11.2. The number of benzene rings is 1. The van der Waals surface area contributed by atoms with Crippen LogP contribution in [0.15, 0.2) is 43.0 Å². The quantitative estimate of drug-likeness (QED) is 0.625. The van der Waals surface area contributed by atoms with Crippen LogP contribution in [0.25, 0.3) is 0 Å². The maximum Gasteiger partial charge on any atom is 0.411 e. The zero-order valence-corrected chi connectivity index (χ0v) is 11.2. The molecule has 0 bridgehead atoms. The van der Waals surface area contributed by atoms with E-state index in [-0.39, 0.29) is 13.2 Å². The van der Waals surface area contributed by atoms with Crippen LogP contribution < -0.4 is 0 Å². The standard InChI is InChI=1S/C16H17NO3/c1-3-16(4-2)13-19-11-10-17(16)15(18)20-12-14-8-6-5-7-9-14/h1,4-9H,2,10-13H2. The Bertz CT molecular complexity index is 520. The second-order valence-electron chi connectivity index (χ2n) is 4.52. The lowest BCUT2D eigenvalue weighted by atomic mass is 9.99. The van der Waals surface area contributed by atoms with Gasteiger partial charge in [0.25, 0.3) is 0 Å². The highest BCUT2D eigenvalue weighted by Crippen LogP contribution is 2.22. The molecule has 4 heteroatoms. The van der Waals surface area contributed by atoms with Crippen molar-refractivity contribution in [2.45, 2.75) is 12.1 Å². The van der Waals surface area contributed by atoms with Crippen LogP contribution in [0.2, 0.25) is 0 Å². The van der Waals surface area contributed by atoms with Crippen LogP contribution in [0.5, 0.6) is 0 Å². The van der Waals surface area contributed by atoms with Crippen molar-refractivity contribution < 1.29 is 14.3 Å². The summed E-state index contributed by atoms with van der Waals surface area (Å²) >= 11 is 0. The van der Waals surface area contributed by atoms with Crippen molar-refractivity contribution >= 4 is 6.09 Å². The smallest absolute Gasteiger partial charge is 0.411 e. The predicted octanol–water partition coefficient (Wildman–Crippen LogP) is 2.21. The number of amides is 1. The molecule has 0 saturated carbocycles. The van der Waals surface area contributed by atoms with Crippen molar-refractivity contribution in [3.05, 3.63) is 48.6 Å². The Morgan fingerprint density at radius 3 is 2.95 bits per heavy atom. The number of terminal acetylenes is 1. The van der Waals surface area contributed by atoms with E-state index in [0.717, 1.165) is 5.56 Å². The number of morpholine rings is 1. The number of ether oxygens (including phenoxy) is 2. The van der Waals surface area contributed by atoms with Crippen LogP contribution >= 0.6 is 0 Å². The van der Waals surface area contributed by atoms with Crippen LogP contribution in [0.4, 0.5) is 4.79 Å². The first kappa shape index (κ1) is 14.2. The largest absolute Gasteiger partial charge is 0.445 e. The second kappa shape index (κ2) is 6.27. The van der Waals surface area contributed by atoms with Crippen molar-refractivity contribution in [1.29, 1.82) is 0 Å². The summed E-state index contributed by atoms with van der Waals surface area (Å²) in [4.78, 5) is 13.7. The first-order chi connectivity index (χ1) is 9.72. The monoisotopic (exact) mass is 271 g/mol. The van der Waals surface area contributed by atoms with E-state index >= 15 is 0 Å². The van der Waals surface area contributed by atoms with E-state index in [1.165, 1.54) is 4.90 Å². The number of carbonyl (C=O) groups excluding carboxylic acids is 1. The Hall–Kier alpha value is -2.25. The van der Waals surface area contributed by atoms with Gasteiger partial charge in [0.05, 0.1) is 13.2 Å². The van der Waals surface area contributed by atoms with Crippen LogP contribution in [0.3, 0.4) is 0 Å². The third kappa shape index (κ3) is 2.84. The van der Waals surface area contributed by atoms with Gasteiger partial charge in [0.15, 0.2) is 0 Å². The van der Waals surface area contributed by atoms with E-state index in [1.807, 2.05) is 30.3 Å². The SMILES string of the molecule is C#CC1(C=C)COCCN1C(=O)OCc1ccccc1. The van der Waals surface area contributed by atoms with Gasteiger partial charge < -0.3 is 9.47 Å². The lowest BCUT2D eigenvalue weighted by Gasteiger charge is -2.40. The summed E-state index contributed by atoms with van der Waals surface area (Å²) in [5, 5.41) is 0. The summed E-state index contributed by atoms with van der Waals surface area (Å²) in [7, 11) is 0. The molecule has 1 unspecified atom stereocenters. The number of hydrogen-bond acceptors (Lipinski definition) is 3. The van der Waals surface area contributed by atoms with Gasteiger partial charge in [-0.05, 0) is 5.56 Å². The summed E-state index contributed by atoms with van der Waals surface area (Å²) in [6.07, 6.45) is 6.64. The maximum atomic E-state index is 12.2. The van der Waals surface area contributed by atoms with Gasteiger partial charge in [0, 0.05) is 6.54 Å². The third-order valence-electron chi connectivity index (χ3n) is 3.28. The summed E-state index contributed by atoms with van der Waals surface area (Å²) in [5.74, 6) is 2.58. The molecule has 1 aromatic rings. The van der Waals surface area contributed by atoms with E-state index in [2.05, 4.69) is 12.5 Å². The average Bonchev–Trinajstić information content (AvgIpc) is 2.53. The second-order valence-corrected chi connectivity index (χ2v) is 4.52. The Morgan fingerprint density at radius 2 is 2.30 bits per heavy atom. The minimum Gasteiger partial charge on any atom is -0.445 e. The molecule has 20 heavy (non-hydrogen) atoms. The Labute approximate surface area is 119 Å². The molecular formula is C16H17NO3. The molecular weight excluding hydrogens is 254 g/mol. The number of carbonyl (C=O) groups is 1. The van der Waals surface area contributed by atoms with Crippen molar-refractivity contribution in [2.75, 3.05) is 19.8 Å². The molecule has 0 aromatic heterocycles. The summed E-state index contributed by atoms with van der Waals surface area (Å²) in [6.45, 7) is 5.00. The van der Waals surface area contributed by atoms with Crippen molar-refractivity contribution in [3.63, 3.8) is 0 Å². The lowest BCUT2D eigenvalue weighted by molar-refractivity contribution is -0.0199. The molecule has 0 radical (unpaired) electrons. The molecule has 0 spiro atoms. The summed E-state index contributed by atoms with van der Waals surface area (Å²) in [6, 6.07) is 9.50. The first-order valence-electron chi connectivity index (χ1n) is 6.39. The normalized spacial score (nSPS) is 21.9. The van der Waals surface area contributed by atoms with E-state index in [1.54, 1.807) is 6.08 Å². The van der Waals surface area contributed by atoms with Gasteiger partial charge in [-0.25, -0.2) is 4.79 Å². The number of rotatable bonds is 3. The van der Waals surface area contributed by atoms with Crippen LogP contribution in [0, 0.1) is 12.3 Å². The van der Waals surface area contributed by atoms with Gasteiger partial charge in [-0.2, -0.15) is 0 Å². The molecule has 0 N–H and O–H groups in total. The van der Waals surface area contributed by atoms with Crippen LogP contribution in [-0.4, -0.2) is 36.3 Å². The van der Waals surface area contributed by atoms with Gasteiger partial charge in [-0.1, -0.05) is 48.9 Å². The Morgan fingerprint density at radius 1 is 1.55 bits per heavy atom. The zero-order chi connectivity index (χ0) is 14.4. The molecule has 1 amide bonds. The fourth-order valence-corrected chi connectivity index (χ4v) is 2.06. The van der Waals surface area contributed by atoms with Crippen molar-refractivity contribution in [1.82, 2.24) is 4.90 Å². The van der Waals surface area contributed by atoms with Crippen LogP contribution in [-0.2, 0) is 16.1 Å². The minimum absolute atomic E-state index is 0.217. The highest BCUT2D eigenvalue weighted by Gasteiger charge is 2.39. The van der Waals surface area contributed by atoms with Gasteiger partial charge >= 0.3 is 6.09 Å². The van der Waals surface area contributed by atoms with Crippen LogP contribution in [0.1, 0.15) is 5.56 Å². The highest BCUT2D eigenvalue weighted by atomic mass is 16.6. The van der Waals surface area contributed by atoms with E-state index in [0.29, 0.717) is 13.2 Å². The summed E-state index contributed by atoms with van der Waals surface area (Å²) in [5.41, 5.74) is 0.00507. The van der Waals surface area contributed by atoms with E-state index in [9.17, 15) is 4.79 Å².